The summed E-state index contributed by atoms with van der Waals surface area (Å²) in [6.07, 6.45) is 16.9. The number of aromatic nitrogens is 10. The van der Waals surface area contributed by atoms with Gasteiger partial charge in [0.05, 0.1) is 49.8 Å². The van der Waals surface area contributed by atoms with Crippen molar-refractivity contribution in [2.45, 2.75) is 0 Å². The first-order valence-corrected chi connectivity index (χ1v) is 40.9. The van der Waals surface area contributed by atoms with Crippen molar-refractivity contribution < 1.29 is 0 Å². The van der Waals surface area contributed by atoms with Gasteiger partial charge in [-0.1, -0.05) is 218 Å². The number of nitrogens with zero attached hydrogens (tertiary/aromatic N) is 10. The van der Waals surface area contributed by atoms with Crippen molar-refractivity contribution in [2.75, 3.05) is 0 Å². The maximum Gasteiger partial charge on any atom is 0.159 e. The second kappa shape index (κ2) is 29.9. The van der Waals surface area contributed by atoms with E-state index in [1.807, 2.05) is 86.1 Å². The van der Waals surface area contributed by atoms with E-state index in [-0.39, 0.29) is 0 Å². The van der Waals surface area contributed by atoms with Gasteiger partial charge in [-0.25, -0.2) is 9.97 Å². The Bertz CT molecular complexity index is 7330. The molecule has 0 bridgehead atoms. The predicted octanol–water partition coefficient (Wildman–Crippen LogP) is 28.2. The molecule has 9 aromatic heterocycles. The highest BCUT2D eigenvalue weighted by Crippen LogP contribution is 2.47. The zero-order valence-electron chi connectivity index (χ0n) is 65.7. The fourth-order valence-electron chi connectivity index (χ4n) is 18.0. The highest BCUT2D eigenvalue weighted by atomic mass is 14.9. The van der Waals surface area contributed by atoms with Gasteiger partial charge in [0, 0.05) is 110 Å². The molecule has 0 aliphatic heterocycles. The molecule has 0 atom stereocenters. The van der Waals surface area contributed by atoms with Crippen LogP contribution in [-0.4, -0.2) is 49.8 Å². The Morgan fingerprint density at radius 2 is 0.377 bits per heavy atom. The Balaban J connectivity index is 0.584. The lowest BCUT2D eigenvalue weighted by Gasteiger charge is -2.18. The Morgan fingerprint density at radius 3 is 0.648 bits per heavy atom. The fraction of sp³-hybridized carbons (Fsp3) is 0. The van der Waals surface area contributed by atoms with Gasteiger partial charge in [-0.3, -0.25) is 39.9 Å². The minimum absolute atomic E-state index is 0.635. The van der Waals surface area contributed by atoms with Gasteiger partial charge in [0.25, 0.3) is 0 Å². The second-order valence-corrected chi connectivity index (χ2v) is 31.0. The first kappa shape index (κ1) is 70.8. The van der Waals surface area contributed by atoms with Gasteiger partial charge in [-0.15, -0.1) is 0 Å². The van der Waals surface area contributed by atoms with E-state index in [0.29, 0.717) is 5.82 Å². The van der Waals surface area contributed by atoms with Crippen LogP contribution in [0, 0.1) is 0 Å². The quantitative estimate of drug-likeness (QED) is 0.0971. The lowest BCUT2D eigenvalue weighted by Crippen LogP contribution is -1.93. The van der Waals surface area contributed by atoms with Crippen LogP contribution in [0.3, 0.4) is 0 Å². The number of hydrogen-bond acceptors (Lipinski definition) is 10. The largest absolute Gasteiger partial charge is 0.255 e. The lowest BCUT2D eigenvalue weighted by molar-refractivity contribution is 1.18. The molecule has 10 nitrogen and oxygen atoms in total. The molecule has 0 N–H and O–H groups in total. The van der Waals surface area contributed by atoms with Crippen LogP contribution in [0.5, 0.6) is 0 Å². The van der Waals surface area contributed by atoms with Crippen LogP contribution < -0.4 is 0 Å². The number of pyridine rings is 8. The van der Waals surface area contributed by atoms with Crippen molar-refractivity contribution in [3.05, 3.63) is 414 Å². The van der Waals surface area contributed by atoms with Gasteiger partial charge in [0.1, 0.15) is 0 Å². The molecule has 0 fully saturated rings. The third-order valence-corrected chi connectivity index (χ3v) is 23.9. The molecule has 9 heterocycles. The highest BCUT2D eigenvalue weighted by molar-refractivity contribution is 6.09. The third kappa shape index (κ3) is 12.8. The second-order valence-electron chi connectivity index (χ2n) is 31.0. The summed E-state index contributed by atoms with van der Waals surface area (Å²) in [5.41, 5.74) is 36.1. The Hall–Kier alpha value is -16.6. The van der Waals surface area contributed by atoms with Crippen LogP contribution in [0.1, 0.15) is 0 Å². The first-order valence-electron chi connectivity index (χ1n) is 40.9. The smallest absolute Gasteiger partial charge is 0.159 e. The first-order chi connectivity index (χ1) is 60.4. The topological polar surface area (TPSA) is 129 Å². The van der Waals surface area contributed by atoms with E-state index in [0.717, 1.165) is 238 Å². The molecule has 0 amide bonds. The summed E-state index contributed by atoms with van der Waals surface area (Å²) >= 11 is 0. The van der Waals surface area contributed by atoms with Crippen LogP contribution >= 0.6 is 0 Å². The number of benzene rings is 14. The molecule has 122 heavy (non-hydrogen) atoms. The summed E-state index contributed by atoms with van der Waals surface area (Å²) in [4.78, 5) is 49.1. The van der Waals surface area contributed by atoms with Crippen LogP contribution in [0.15, 0.2) is 414 Å². The van der Waals surface area contributed by atoms with Crippen LogP contribution in [0.25, 0.3) is 243 Å². The van der Waals surface area contributed by atoms with Gasteiger partial charge in [0.2, 0.25) is 0 Å². The van der Waals surface area contributed by atoms with Crippen molar-refractivity contribution in [3.63, 3.8) is 0 Å². The molecule has 14 aromatic carbocycles. The maximum atomic E-state index is 5.29. The fourth-order valence-corrected chi connectivity index (χ4v) is 18.0. The molecule has 0 aliphatic carbocycles. The number of rotatable bonds is 14. The molecule has 0 saturated carbocycles. The molecule has 566 valence electrons. The van der Waals surface area contributed by atoms with E-state index >= 15 is 0 Å². The van der Waals surface area contributed by atoms with Crippen molar-refractivity contribution in [1.82, 2.24) is 49.8 Å². The van der Waals surface area contributed by atoms with Crippen molar-refractivity contribution >= 4 is 87.2 Å². The molecule has 23 rings (SSSR count). The average Bonchev–Trinajstić information content (AvgIpc) is 0.761. The average molecular weight is 1550 g/mol. The number of hydrogen-bond donors (Lipinski definition) is 0. The van der Waals surface area contributed by atoms with E-state index in [1.165, 1.54) is 0 Å². The Morgan fingerprint density at radius 1 is 0.148 bits per heavy atom. The van der Waals surface area contributed by atoms with E-state index in [1.54, 1.807) is 0 Å². The zero-order chi connectivity index (χ0) is 80.6. The lowest BCUT2D eigenvalue weighted by atomic mass is 9.86. The van der Waals surface area contributed by atoms with Crippen molar-refractivity contribution in [1.29, 1.82) is 0 Å². The predicted molar refractivity (Wildman–Crippen MR) is 501 cm³/mol. The zero-order valence-corrected chi connectivity index (χ0v) is 65.7. The van der Waals surface area contributed by atoms with Gasteiger partial charge in [0.15, 0.2) is 5.82 Å². The standard InChI is InChI=1S/C112H68N10/c1-7-27-93(81-55-83(95-29-9-3-23-89(95)73-41-45-99-104(61-73)118-65-77-17-13-50-113-108(77)99)59-84(56-81)96-30-10-4-24-90(96)74-42-46-100-105(62-74)119-66-78-18-14-51-114-109(78)100)87(21-1)69-33-37-71(38-34-69)103-49-54-117-112(122-103)72-39-35-70(36-40-72)88-22-2-8-28-94(88)82-57-85(97-31-11-5-25-91(97)75-43-47-101-106(63-75)120-67-79-19-15-52-115-110(79)101)60-86(58-82)98-32-12-6-26-92(98)76-44-48-102-107(64-76)121-68-80-20-16-53-116-111(80)102/h1-68H. The normalized spacial score (nSPS) is 11.6. The van der Waals surface area contributed by atoms with Crippen LogP contribution in [-0.2, 0) is 0 Å². The summed E-state index contributed by atoms with van der Waals surface area (Å²) in [5, 5.41) is 8.13. The van der Waals surface area contributed by atoms with E-state index < -0.39 is 0 Å². The summed E-state index contributed by atoms with van der Waals surface area (Å²) < 4.78 is 0. The summed E-state index contributed by atoms with van der Waals surface area (Å²) in [6.45, 7) is 0. The van der Waals surface area contributed by atoms with E-state index in [4.69, 9.17) is 49.8 Å². The molecule has 0 aliphatic rings. The highest BCUT2D eigenvalue weighted by Gasteiger charge is 2.22. The third-order valence-electron chi connectivity index (χ3n) is 23.9. The monoisotopic (exact) mass is 1550 g/mol. The summed E-state index contributed by atoms with van der Waals surface area (Å²) in [5.74, 6) is 0.635. The van der Waals surface area contributed by atoms with Gasteiger partial charge in [-0.05, 0) is 273 Å². The van der Waals surface area contributed by atoms with E-state index in [9.17, 15) is 0 Å². The summed E-state index contributed by atoms with van der Waals surface area (Å²) in [6, 6.07) is 128. The molecular weight excluding hydrogens is 1490 g/mol. The van der Waals surface area contributed by atoms with Crippen molar-refractivity contribution in [2.24, 2.45) is 0 Å². The number of fused-ring (bicyclic) bond motifs is 12. The molecule has 0 unspecified atom stereocenters. The maximum absolute atomic E-state index is 5.29. The Kier molecular flexibility index (Phi) is 17.3. The van der Waals surface area contributed by atoms with E-state index in [2.05, 4.69) is 328 Å². The van der Waals surface area contributed by atoms with Crippen molar-refractivity contribution in [3.8, 4) is 156 Å². The summed E-state index contributed by atoms with van der Waals surface area (Å²) in [7, 11) is 0. The Labute approximate surface area is 702 Å². The van der Waals surface area contributed by atoms with Gasteiger partial charge >= 0.3 is 0 Å². The molecular formula is C112H68N10. The molecule has 10 heteroatoms. The van der Waals surface area contributed by atoms with Gasteiger partial charge < -0.3 is 0 Å². The minimum Gasteiger partial charge on any atom is -0.255 e. The van der Waals surface area contributed by atoms with Crippen LogP contribution in [0.4, 0.5) is 0 Å². The molecule has 0 saturated heterocycles. The minimum atomic E-state index is 0.635. The van der Waals surface area contributed by atoms with Gasteiger partial charge in [-0.2, -0.15) is 0 Å². The molecule has 0 radical (unpaired) electrons. The molecule has 23 aromatic rings. The molecule has 0 spiro atoms. The SMILES string of the molecule is c1ccc(-c2cc(-c3ccccc3-c3ccc4c(c3)ncc3cccnc34)cc(-c3ccccc3-c3ccc4c(c3)ncc3cccnc34)c2)c(-c2ccc(-c3ccnc(-c4ccc(-c5ccccc5-c5cc(-c6ccccc6-c6ccc7c(c6)ncc6cccnc67)cc(-c6ccccc6-c6ccc7c(c6)ncc6cccnc67)c5)cc4)n3)cc2)c1. The van der Waals surface area contributed by atoms with Crippen LogP contribution in [0.2, 0.25) is 0 Å².